The summed E-state index contributed by atoms with van der Waals surface area (Å²) in [6.45, 7) is 13.0. The molecule has 3 heterocycles. The predicted molar refractivity (Wildman–Crippen MR) is 364 cm³/mol. The quantitative estimate of drug-likeness (QED) is 0.0229. The van der Waals surface area contributed by atoms with Gasteiger partial charge in [-0.25, -0.2) is 4.79 Å². The molecule has 0 radical (unpaired) electrons. The Balaban J connectivity index is 1.18. The average Bonchev–Trinajstić information content (AvgIpc) is 1.71. The molecule has 28 heteroatoms. The molecule has 0 saturated carbocycles. The van der Waals surface area contributed by atoms with Crippen molar-refractivity contribution in [3.05, 3.63) is 93.5 Å². The molecule has 0 aromatic heterocycles. The fourth-order valence-corrected chi connectivity index (χ4v) is 12.8. The summed E-state index contributed by atoms with van der Waals surface area (Å²) in [4.78, 5) is 151. The number of phenolic OH excluding ortho intramolecular Hbond substituents is 2. The largest absolute Gasteiger partial charge is 0.508 e. The second kappa shape index (κ2) is 35.9. The summed E-state index contributed by atoms with van der Waals surface area (Å²) in [5.74, 6) is -7.17. The number of carboxylic acid groups (broad SMARTS) is 1. The van der Waals surface area contributed by atoms with Crippen LogP contribution >= 0.6 is 0 Å². The lowest BCUT2D eigenvalue weighted by molar-refractivity contribution is -0.151. The van der Waals surface area contributed by atoms with Gasteiger partial charge in [0.25, 0.3) is 0 Å². The summed E-state index contributed by atoms with van der Waals surface area (Å²) >= 11 is 0. The van der Waals surface area contributed by atoms with E-state index in [2.05, 4.69) is 36.9 Å². The number of carboxylic acids is 1. The second-order valence-corrected chi connectivity index (χ2v) is 27.3. The third kappa shape index (κ3) is 22.1. The maximum absolute atomic E-state index is 15.2. The first kappa shape index (κ1) is 77.1. The van der Waals surface area contributed by atoms with Crippen LogP contribution in [0.2, 0.25) is 0 Å². The van der Waals surface area contributed by atoms with Crippen LogP contribution in [0.15, 0.2) is 59.6 Å². The van der Waals surface area contributed by atoms with Crippen molar-refractivity contribution in [1.29, 1.82) is 0 Å². The van der Waals surface area contributed by atoms with Crippen molar-refractivity contribution < 1.29 is 63.3 Å². The molecule has 19 N–H and O–H groups in total. The first-order chi connectivity index (χ1) is 45.9. The van der Waals surface area contributed by atoms with E-state index in [9.17, 15) is 53.7 Å². The number of amides is 9. The smallest absolute Gasteiger partial charge is 0.326 e. The fourth-order valence-electron chi connectivity index (χ4n) is 12.8. The van der Waals surface area contributed by atoms with E-state index in [0.29, 0.717) is 43.2 Å². The van der Waals surface area contributed by atoms with E-state index in [1.165, 1.54) is 26.8 Å². The number of carbonyl (C=O) groups is 10. The summed E-state index contributed by atoms with van der Waals surface area (Å²) < 4.78 is 0. The summed E-state index contributed by atoms with van der Waals surface area (Å²) in [6, 6.07) is 4.36. The van der Waals surface area contributed by atoms with Crippen LogP contribution in [0.1, 0.15) is 151 Å². The minimum atomic E-state index is -1.26. The van der Waals surface area contributed by atoms with Crippen molar-refractivity contribution in [1.82, 2.24) is 46.6 Å². The van der Waals surface area contributed by atoms with Crippen LogP contribution in [0.5, 0.6) is 11.5 Å². The van der Waals surface area contributed by atoms with Gasteiger partial charge in [-0.3, -0.25) is 48.1 Å². The van der Waals surface area contributed by atoms with Crippen LogP contribution in [-0.4, -0.2) is 182 Å². The Kier molecular flexibility index (Phi) is 28.6. The van der Waals surface area contributed by atoms with Gasteiger partial charge in [0.2, 0.25) is 53.2 Å². The number of nitrogens with one attached hydrogen (secondary N) is 6. The molecule has 0 aliphatic carbocycles. The number of nitrogens with zero attached hydrogens (tertiary/aromatic N) is 4. The predicted octanol–water partition coefficient (Wildman–Crippen LogP) is 0.901. The zero-order chi connectivity index (χ0) is 71.4. The normalized spacial score (nSPS) is 18.0. The van der Waals surface area contributed by atoms with Crippen LogP contribution < -0.4 is 60.6 Å². The van der Waals surface area contributed by atoms with Crippen LogP contribution in [0, 0.1) is 25.2 Å². The van der Waals surface area contributed by atoms with Crippen molar-refractivity contribution in [2.45, 2.75) is 212 Å². The van der Waals surface area contributed by atoms with E-state index >= 15 is 9.59 Å². The number of nitrogens with two attached hydrogens (primary N) is 5. The van der Waals surface area contributed by atoms with E-state index in [0.717, 1.165) is 27.8 Å². The fraction of sp³-hybridized carbons (Fsp3) is 0.580. The molecule has 3 aliphatic rings. The lowest BCUT2D eigenvalue weighted by Crippen LogP contribution is -2.62. The number of aryl methyl sites for hydroxylation is 2. The number of likely N-dealkylation sites (tertiary alicyclic amines) is 1. The van der Waals surface area contributed by atoms with Gasteiger partial charge in [-0.2, -0.15) is 0 Å². The van der Waals surface area contributed by atoms with E-state index in [1.807, 2.05) is 32.0 Å². The molecule has 97 heavy (non-hydrogen) atoms. The van der Waals surface area contributed by atoms with E-state index in [1.54, 1.807) is 58.9 Å². The van der Waals surface area contributed by atoms with Gasteiger partial charge < -0.3 is 90.6 Å². The number of aliphatic imine (C=N–C) groups is 1. The maximum atomic E-state index is 15.2. The number of hydrogen-bond donors (Lipinski definition) is 14. The van der Waals surface area contributed by atoms with Crippen LogP contribution in [0.3, 0.4) is 0 Å². The first-order valence-electron chi connectivity index (χ1n) is 33.7. The number of fused-ring (bicyclic) bond motifs is 2. The van der Waals surface area contributed by atoms with Crippen LogP contribution in [0.4, 0.5) is 0 Å². The number of rotatable bonds is 33. The number of hydrogen-bond acceptors (Lipinski definition) is 16. The van der Waals surface area contributed by atoms with Crippen molar-refractivity contribution >= 4 is 65.1 Å². The topological polar surface area (TPSA) is 456 Å². The highest BCUT2D eigenvalue weighted by molar-refractivity contribution is 5.98. The Labute approximate surface area is 567 Å². The lowest BCUT2D eigenvalue weighted by Gasteiger charge is -2.40. The molecular weight excluding hydrogens is 1250 g/mol. The zero-order valence-corrected chi connectivity index (χ0v) is 57.1. The second-order valence-electron chi connectivity index (χ2n) is 27.3. The summed E-state index contributed by atoms with van der Waals surface area (Å²) in [6.07, 6.45) is 2.88. The van der Waals surface area contributed by atoms with Gasteiger partial charge in [-0.05, 0) is 179 Å². The van der Waals surface area contributed by atoms with Gasteiger partial charge in [-0.1, -0.05) is 65.0 Å². The molecule has 3 aromatic rings. The molecule has 6 rings (SSSR count). The van der Waals surface area contributed by atoms with E-state index in [-0.39, 0.29) is 133 Å². The number of aromatic hydroxyl groups is 2. The Bertz CT molecular complexity index is 3310. The van der Waals surface area contributed by atoms with E-state index < -0.39 is 119 Å². The summed E-state index contributed by atoms with van der Waals surface area (Å²) in [7, 11) is 0. The monoisotopic (exact) mass is 1350 g/mol. The van der Waals surface area contributed by atoms with Gasteiger partial charge in [0, 0.05) is 52.0 Å². The Morgan fingerprint density at radius 3 is 1.91 bits per heavy atom. The molecule has 0 spiro atoms. The van der Waals surface area contributed by atoms with Crippen molar-refractivity contribution in [2.75, 3.05) is 32.7 Å². The first-order valence-corrected chi connectivity index (χ1v) is 33.7. The van der Waals surface area contributed by atoms with Gasteiger partial charge in [0.1, 0.15) is 59.8 Å². The van der Waals surface area contributed by atoms with Gasteiger partial charge in [0.05, 0.1) is 6.04 Å². The number of unbranched alkanes of at least 4 members (excludes halogenated alkanes) is 2. The molecule has 3 aromatic carbocycles. The molecule has 28 nitrogen and oxygen atoms in total. The number of carbonyl (C=O) groups excluding carboxylic acids is 9. The third-order valence-corrected chi connectivity index (χ3v) is 18.1. The molecule has 3 aliphatic heterocycles. The van der Waals surface area contributed by atoms with Crippen molar-refractivity contribution in [2.24, 2.45) is 45.0 Å². The number of aliphatic carboxylic acids is 1. The molecule has 1 fully saturated rings. The SMILES string of the molecule is Cc1cc(O)cc(C)c1C[C@H](N)C(=O)N[C@H](CCCN=C(N)N)C(=O)N[C@H]1Cc2ccccc2CN(CCC(=O)N[C@@H](CCCCN)C(=O)N[C@@H](CCCCN)C(=O)N2CCC[C@H]2C(=O)N2Cc3ccc(O)cc3C[C@H]2C(=O)N[C@H](C(=O)N[C@@H](CC(C)C)C(=O)O)C(C)(C)C)C1=O. The van der Waals surface area contributed by atoms with Gasteiger partial charge in [0.15, 0.2) is 5.96 Å². The van der Waals surface area contributed by atoms with Crippen LogP contribution in [-0.2, 0) is 80.3 Å². The number of benzene rings is 3. The third-order valence-electron chi connectivity index (χ3n) is 18.1. The molecule has 9 amide bonds. The minimum Gasteiger partial charge on any atom is -0.508 e. The molecule has 1 saturated heterocycles. The van der Waals surface area contributed by atoms with Crippen LogP contribution in [0.25, 0.3) is 0 Å². The Morgan fingerprint density at radius 2 is 1.28 bits per heavy atom. The highest BCUT2D eigenvalue weighted by Crippen LogP contribution is 2.32. The number of guanidine groups is 1. The van der Waals surface area contributed by atoms with Crippen molar-refractivity contribution in [3.63, 3.8) is 0 Å². The standard InChI is InChI=1S/C69H103N15O13/c1-39(2)30-54(67(96)97)80-63(92)58(69(5,6)7)81-62(91)56-35-45-33-46(85)23-22-44(45)38-84(56)66(95)55-21-15-28-83(55)65(94)52(19-11-13-26-71)78-60(89)50(18-10-12-25-70)76-57(87)24-29-82-37-43-17-9-8-16-42(43)34-53(64(82)93)79-61(90)51(20-14-27-75-68(73)74)77-59(88)49(72)36-48-40(3)31-47(86)32-41(48)4/h8-9,16-17,22-23,31-33,39,49-56,58,85-86H,10-15,18-21,24-30,34-38,70-72H2,1-7H3,(H,76,87)(H,77,88)(H,78,89)(H,79,90)(H,80,92)(H,81,91)(H,96,97)(H4,73,74,75)/t49-,50-,51+,52-,53-,54-,55-,56-,58+/m0/s1. The van der Waals surface area contributed by atoms with E-state index in [4.69, 9.17) is 28.7 Å². The molecule has 9 atom stereocenters. The molecular formula is C69H103N15O13. The Morgan fingerprint density at radius 1 is 0.670 bits per heavy atom. The average molecular weight is 1350 g/mol. The molecule has 532 valence electrons. The lowest BCUT2D eigenvalue weighted by atomic mass is 9.85. The summed E-state index contributed by atoms with van der Waals surface area (Å²) in [5.41, 5.74) is 33.4. The highest BCUT2D eigenvalue weighted by Gasteiger charge is 2.46. The van der Waals surface area contributed by atoms with Gasteiger partial charge in [-0.15, -0.1) is 0 Å². The molecule has 0 unspecified atom stereocenters. The molecule has 0 bridgehead atoms. The number of phenols is 2. The zero-order valence-electron chi connectivity index (χ0n) is 57.1. The summed E-state index contributed by atoms with van der Waals surface area (Å²) in [5, 5.41) is 47.4. The highest BCUT2D eigenvalue weighted by atomic mass is 16.4. The minimum absolute atomic E-state index is 0.0639. The van der Waals surface area contributed by atoms with Crippen molar-refractivity contribution in [3.8, 4) is 11.5 Å². The Hall–Kier alpha value is -8.89. The maximum Gasteiger partial charge on any atom is 0.326 e. The van der Waals surface area contributed by atoms with Gasteiger partial charge >= 0.3 is 5.97 Å².